The van der Waals surface area contributed by atoms with Crippen LogP contribution in [-0.2, 0) is 0 Å². The van der Waals surface area contributed by atoms with Gasteiger partial charge in [-0.3, -0.25) is 25.8 Å². The maximum atomic E-state index is 12.1. The van der Waals surface area contributed by atoms with Gasteiger partial charge in [-0.05, 0) is 74.6 Å². The van der Waals surface area contributed by atoms with Crippen molar-refractivity contribution in [2.75, 3.05) is 0 Å². The number of rotatable bonds is 4. The monoisotopic (exact) mass is 391 g/mol. The highest BCUT2D eigenvalue weighted by molar-refractivity contribution is 7.80. The summed E-state index contributed by atoms with van der Waals surface area (Å²) in [7, 11) is 0. The highest BCUT2D eigenvalue weighted by Crippen LogP contribution is 2.13. The fourth-order valence-corrected chi connectivity index (χ4v) is 2.22. The molecular formula is C18H18ClN3O3S. The lowest BCUT2D eigenvalue weighted by Gasteiger charge is -2.12. The molecule has 0 aliphatic carbocycles. The first kappa shape index (κ1) is 19.7. The third kappa shape index (κ3) is 6.02. The van der Waals surface area contributed by atoms with Gasteiger partial charge in [0.15, 0.2) is 5.11 Å². The molecule has 0 unspecified atom stereocenters. The average molecular weight is 392 g/mol. The van der Waals surface area contributed by atoms with Crippen LogP contribution in [0.1, 0.15) is 34.6 Å². The lowest BCUT2D eigenvalue weighted by atomic mass is 10.2. The van der Waals surface area contributed by atoms with Gasteiger partial charge in [0, 0.05) is 16.1 Å². The maximum Gasteiger partial charge on any atom is 0.269 e. The third-order valence-electron chi connectivity index (χ3n) is 3.11. The van der Waals surface area contributed by atoms with Gasteiger partial charge in [0.1, 0.15) is 5.75 Å². The number of hydrogen-bond acceptors (Lipinski definition) is 4. The van der Waals surface area contributed by atoms with E-state index in [1.165, 1.54) is 0 Å². The summed E-state index contributed by atoms with van der Waals surface area (Å²) in [6, 6.07) is 13.0. The van der Waals surface area contributed by atoms with Crippen LogP contribution in [0.15, 0.2) is 48.5 Å². The first-order valence-corrected chi connectivity index (χ1v) is 8.57. The summed E-state index contributed by atoms with van der Waals surface area (Å²) in [4.78, 5) is 24.1. The molecule has 0 saturated carbocycles. The number of benzene rings is 2. The van der Waals surface area contributed by atoms with Crippen molar-refractivity contribution < 1.29 is 14.3 Å². The molecule has 2 rings (SSSR count). The van der Waals surface area contributed by atoms with Crippen molar-refractivity contribution in [3.63, 3.8) is 0 Å². The van der Waals surface area contributed by atoms with Crippen molar-refractivity contribution in [2.45, 2.75) is 20.0 Å². The molecule has 136 valence electrons. The molecule has 0 aliphatic rings. The second-order valence-corrected chi connectivity index (χ2v) is 6.40. The predicted octanol–water partition coefficient (Wildman–Crippen LogP) is 3.08. The number of amides is 2. The smallest absolute Gasteiger partial charge is 0.269 e. The minimum Gasteiger partial charge on any atom is -0.491 e. The minimum atomic E-state index is -0.409. The van der Waals surface area contributed by atoms with Gasteiger partial charge in [-0.25, -0.2) is 0 Å². The molecule has 0 fully saturated rings. The molecular weight excluding hydrogens is 374 g/mol. The number of halogens is 1. The van der Waals surface area contributed by atoms with Gasteiger partial charge in [-0.2, -0.15) is 0 Å². The van der Waals surface area contributed by atoms with Gasteiger partial charge < -0.3 is 4.74 Å². The number of thiocarbonyl (C=S) groups is 1. The van der Waals surface area contributed by atoms with Crippen LogP contribution in [0, 0.1) is 0 Å². The summed E-state index contributed by atoms with van der Waals surface area (Å²) in [6.45, 7) is 3.84. The van der Waals surface area contributed by atoms with Crippen molar-refractivity contribution >= 4 is 40.7 Å². The molecule has 3 N–H and O–H groups in total. The molecule has 8 heteroatoms. The Morgan fingerprint density at radius 3 is 2.04 bits per heavy atom. The van der Waals surface area contributed by atoms with Crippen LogP contribution in [0.2, 0.25) is 5.02 Å². The second-order valence-electron chi connectivity index (χ2n) is 5.56. The first-order valence-electron chi connectivity index (χ1n) is 7.79. The zero-order valence-corrected chi connectivity index (χ0v) is 15.8. The molecule has 0 atom stereocenters. The number of carbonyl (C=O) groups excluding carboxylic acids is 2. The van der Waals surface area contributed by atoms with Crippen LogP contribution >= 0.6 is 23.8 Å². The van der Waals surface area contributed by atoms with Gasteiger partial charge in [0.2, 0.25) is 0 Å². The van der Waals surface area contributed by atoms with E-state index in [1.54, 1.807) is 48.5 Å². The molecule has 0 aliphatic heterocycles. The van der Waals surface area contributed by atoms with Crippen LogP contribution in [0.5, 0.6) is 5.75 Å². The highest BCUT2D eigenvalue weighted by Gasteiger charge is 2.10. The molecule has 0 bridgehead atoms. The number of hydrogen-bond donors (Lipinski definition) is 3. The number of carbonyl (C=O) groups is 2. The quantitative estimate of drug-likeness (QED) is 0.551. The maximum absolute atomic E-state index is 12.1. The summed E-state index contributed by atoms with van der Waals surface area (Å²) in [5.74, 6) is -0.139. The van der Waals surface area contributed by atoms with Crippen LogP contribution in [0.3, 0.4) is 0 Å². The van der Waals surface area contributed by atoms with Gasteiger partial charge in [0.25, 0.3) is 11.8 Å². The minimum absolute atomic E-state index is 0.0279. The lowest BCUT2D eigenvalue weighted by molar-refractivity contribution is 0.0934. The van der Waals surface area contributed by atoms with Crippen LogP contribution in [0.25, 0.3) is 0 Å². The van der Waals surface area contributed by atoms with Crippen LogP contribution < -0.4 is 20.9 Å². The molecule has 0 heterocycles. The van der Waals surface area contributed by atoms with E-state index in [-0.39, 0.29) is 11.2 Å². The third-order valence-corrected chi connectivity index (χ3v) is 3.57. The summed E-state index contributed by atoms with van der Waals surface area (Å²) >= 11 is 10.8. The van der Waals surface area contributed by atoms with E-state index in [0.717, 1.165) is 0 Å². The Morgan fingerprint density at radius 2 is 1.46 bits per heavy atom. The van der Waals surface area contributed by atoms with Gasteiger partial charge in [-0.15, -0.1) is 0 Å². The molecule has 2 aromatic rings. The normalized spacial score (nSPS) is 10.2. The van der Waals surface area contributed by atoms with E-state index in [2.05, 4.69) is 16.2 Å². The van der Waals surface area contributed by atoms with E-state index in [1.807, 2.05) is 13.8 Å². The van der Waals surface area contributed by atoms with E-state index in [0.29, 0.717) is 21.9 Å². The van der Waals surface area contributed by atoms with Crippen LogP contribution in [-0.4, -0.2) is 23.0 Å². The largest absolute Gasteiger partial charge is 0.491 e. The summed E-state index contributed by atoms with van der Waals surface area (Å²) in [5, 5.41) is 2.98. The van der Waals surface area contributed by atoms with Crippen molar-refractivity contribution in [1.29, 1.82) is 0 Å². The van der Waals surface area contributed by atoms with Crippen molar-refractivity contribution in [2.24, 2.45) is 0 Å². The van der Waals surface area contributed by atoms with Crippen LogP contribution in [0.4, 0.5) is 0 Å². The first-order chi connectivity index (χ1) is 12.3. The molecule has 0 saturated heterocycles. The van der Waals surface area contributed by atoms with Crippen molar-refractivity contribution in [1.82, 2.24) is 16.2 Å². The zero-order valence-electron chi connectivity index (χ0n) is 14.2. The fraction of sp³-hybridized carbons (Fsp3) is 0.167. The molecule has 0 spiro atoms. The molecule has 0 aromatic heterocycles. The fourth-order valence-electron chi connectivity index (χ4n) is 1.95. The lowest BCUT2D eigenvalue weighted by Crippen LogP contribution is -2.48. The molecule has 6 nitrogen and oxygen atoms in total. The topological polar surface area (TPSA) is 79.5 Å². The van der Waals surface area contributed by atoms with Crippen molar-refractivity contribution in [3.05, 3.63) is 64.7 Å². The Balaban J connectivity index is 1.84. The Hall–Kier alpha value is -2.64. The van der Waals surface area contributed by atoms with Gasteiger partial charge in [0.05, 0.1) is 6.10 Å². The van der Waals surface area contributed by atoms with E-state index in [9.17, 15) is 9.59 Å². The van der Waals surface area contributed by atoms with E-state index < -0.39 is 11.8 Å². The van der Waals surface area contributed by atoms with E-state index in [4.69, 9.17) is 28.6 Å². The second kappa shape index (κ2) is 9.17. The SMILES string of the molecule is CC(C)Oc1ccc(C(=O)NC(=S)NNC(=O)c2ccc(Cl)cc2)cc1. The molecule has 0 radical (unpaired) electrons. The Bertz CT molecular complexity index is 792. The van der Waals surface area contributed by atoms with E-state index >= 15 is 0 Å². The Labute approximate surface area is 161 Å². The Morgan fingerprint density at radius 1 is 0.923 bits per heavy atom. The molecule has 2 aromatic carbocycles. The van der Waals surface area contributed by atoms with Gasteiger partial charge in [-0.1, -0.05) is 11.6 Å². The van der Waals surface area contributed by atoms with Crippen molar-refractivity contribution in [3.8, 4) is 5.75 Å². The highest BCUT2D eigenvalue weighted by atomic mass is 35.5. The molecule has 2 amide bonds. The average Bonchev–Trinajstić information content (AvgIpc) is 2.60. The molecule has 26 heavy (non-hydrogen) atoms. The number of hydrazine groups is 1. The Kier molecular flexibility index (Phi) is 6.94. The number of nitrogens with one attached hydrogen (secondary N) is 3. The standard InChI is InChI=1S/C18H18ClN3O3S/c1-11(2)25-15-9-5-12(6-10-15)16(23)20-18(26)22-21-17(24)13-3-7-14(19)8-4-13/h3-11H,1-2H3,(H,21,24)(H2,20,22,23,26). The summed E-state index contributed by atoms with van der Waals surface area (Å²) in [6.07, 6.45) is 0.0516. The summed E-state index contributed by atoms with van der Waals surface area (Å²) < 4.78 is 5.52. The predicted molar refractivity (Wildman–Crippen MR) is 104 cm³/mol. The summed E-state index contributed by atoms with van der Waals surface area (Å²) in [5.41, 5.74) is 5.68. The number of ether oxygens (including phenoxy) is 1. The van der Waals surface area contributed by atoms with Gasteiger partial charge >= 0.3 is 0 Å². The zero-order chi connectivity index (χ0) is 19.1.